The summed E-state index contributed by atoms with van der Waals surface area (Å²) in [6.07, 6.45) is 0. The second kappa shape index (κ2) is 7.51. The van der Waals surface area contributed by atoms with Gasteiger partial charge in [0.1, 0.15) is 4.21 Å². The molecule has 0 spiro atoms. The number of rotatable bonds is 6. The molecule has 6 nitrogen and oxygen atoms in total. The van der Waals surface area contributed by atoms with Crippen LogP contribution < -0.4 is 9.44 Å². The highest BCUT2D eigenvalue weighted by Gasteiger charge is 2.20. The first-order chi connectivity index (χ1) is 12.7. The maximum absolute atomic E-state index is 12.7. The first-order valence-corrected chi connectivity index (χ1v) is 11.9. The highest BCUT2D eigenvalue weighted by Crippen LogP contribution is 2.26. The van der Waals surface area contributed by atoms with Crippen molar-refractivity contribution in [2.24, 2.45) is 0 Å². The van der Waals surface area contributed by atoms with Crippen molar-refractivity contribution < 1.29 is 16.8 Å². The largest absolute Gasteiger partial charge is 0.280 e. The van der Waals surface area contributed by atoms with Crippen molar-refractivity contribution in [2.45, 2.75) is 16.0 Å². The molecule has 0 saturated carbocycles. The van der Waals surface area contributed by atoms with Crippen LogP contribution in [-0.2, 0) is 20.0 Å². The van der Waals surface area contributed by atoms with Gasteiger partial charge in [0.05, 0.1) is 10.6 Å². The third-order valence-corrected chi connectivity index (χ3v) is 8.14. The second-order valence-electron chi connectivity index (χ2n) is 5.63. The van der Waals surface area contributed by atoms with E-state index in [1.807, 2.05) is 0 Å². The van der Waals surface area contributed by atoms with E-state index in [4.69, 9.17) is 11.6 Å². The lowest BCUT2D eigenvalue weighted by atomic mass is 10.2. The Morgan fingerprint density at radius 3 is 2.11 bits per heavy atom. The number of halogens is 1. The molecule has 0 aliphatic carbocycles. The van der Waals surface area contributed by atoms with Crippen molar-refractivity contribution >= 4 is 54.4 Å². The molecule has 2 aromatic carbocycles. The van der Waals surface area contributed by atoms with Crippen LogP contribution in [0.5, 0.6) is 0 Å². The topological polar surface area (TPSA) is 92.3 Å². The third kappa shape index (κ3) is 4.62. The molecule has 0 aliphatic heterocycles. The summed E-state index contributed by atoms with van der Waals surface area (Å²) in [4.78, 5) is -0.0242. The van der Waals surface area contributed by atoms with Crippen LogP contribution in [0.4, 0.5) is 11.4 Å². The summed E-state index contributed by atoms with van der Waals surface area (Å²) in [6.45, 7) is 1.63. The molecule has 27 heavy (non-hydrogen) atoms. The zero-order chi connectivity index (χ0) is 19.7. The number of thiophene rings is 1. The average Bonchev–Trinajstić information content (AvgIpc) is 3.14. The minimum absolute atomic E-state index is 0.0242. The number of sulfonamides is 2. The van der Waals surface area contributed by atoms with Gasteiger partial charge in [-0.05, 0) is 60.3 Å². The van der Waals surface area contributed by atoms with E-state index in [1.165, 1.54) is 18.2 Å². The number of nitrogens with one attached hydrogen (secondary N) is 2. The fourth-order valence-electron chi connectivity index (χ4n) is 2.30. The molecule has 3 rings (SSSR count). The maximum Gasteiger partial charge on any atom is 0.271 e. The first-order valence-electron chi connectivity index (χ1n) is 7.63. The van der Waals surface area contributed by atoms with E-state index in [0.29, 0.717) is 16.3 Å². The standard InChI is InChI=1S/C17H15ClN2O4S3/c1-12-4-7-15(20-27(23,24)17-3-2-10-25-17)11-16(12)26(21,22)19-14-8-5-13(18)6-9-14/h2-11,19-20H,1H3. The van der Waals surface area contributed by atoms with Crippen LogP contribution in [0, 0.1) is 6.92 Å². The van der Waals surface area contributed by atoms with Gasteiger partial charge in [-0.2, -0.15) is 0 Å². The molecule has 0 unspecified atom stereocenters. The summed E-state index contributed by atoms with van der Waals surface area (Å²) < 4.78 is 55.2. The zero-order valence-electron chi connectivity index (χ0n) is 14.0. The SMILES string of the molecule is Cc1ccc(NS(=O)(=O)c2cccs2)cc1S(=O)(=O)Nc1ccc(Cl)cc1. The average molecular weight is 443 g/mol. The van der Waals surface area contributed by atoms with Gasteiger partial charge in [-0.25, -0.2) is 16.8 Å². The first kappa shape index (κ1) is 19.7. The molecule has 0 saturated heterocycles. The van der Waals surface area contributed by atoms with Crippen LogP contribution in [0.1, 0.15) is 5.56 Å². The summed E-state index contributed by atoms with van der Waals surface area (Å²) in [5.41, 5.74) is 0.990. The van der Waals surface area contributed by atoms with E-state index in [9.17, 15) is 16.8 Å². The van der Waals surface area contributed by atoms with Crippen molar-refractivity contribution in [2.75, 3.05) is 9.44 Å². The van der Waals surface area contributed by atoms with Crippen LogP contribution in [0.2, 0.25) is 5.02 Å². The predicted octanol–water partition coefficient (Wildman–Crippen LogP) is 4.31. The Hall–Kier alpha value is -2.07. The van der Waals surface area contributed by atoms with Crippen molar-refractivity contribution in [3.8, 4) is 0 Å². The van der Waals surface area contributed by atoms with Gasteiger partial charge < -0.3 is 0 Å². The van der Waals surface area contributed by atoms with E-state index in [2.05, 4.69) is 9.44 Å². The smallest absolute Gasteiger partial charge is 0.271 e. The van der Waals surface area contributed by atoms with Crippen LogP contribution >= 0.6 is 22.9 Å². The maximum atomic E-state index is 12.7. The monoisotopic (exact) mass is 442 g/mol. The van der Waals surface area contributed by atoms with Gasteiger partial charge >= 0.3 is 0 Å². The minimum atomic E-state index is -3.91. The highest BCUT2D eigenvalue weighted by molar-refractivity contribution is 7.94. The van der Waals surface area contributed by atoms with Crippen LogP contribution in [-0.4, -0.2) is 16.8 Å². The van der Waals surface area contributed by atoms with E-state index in [-0.39, 0.29) is 14.8 Å². The highest BCUT2D eigenvalue weighted by atomic mass is 35.5. The van der Waals surface area contributed by atoms with Gasteiger partial charge in [-0.1, -0.05) is 23.7 Å². The number of anilines is 2. The quantitative estimate of drug-likeness (QED) is 0.594. The van der Waals surface area contributed by atoms with Gasteiger partial charge in [0.2, 0.25) is 0 Å². The van der Waals surface area contributed by atoms with E-state index < -0.39 is 20.0 Å². The fraction of sp³-hybridized carbons (Fsp3) is 0.0588. The molecule has 3 aromatic rings. The molecule has 0 bridgehead atoms. The summed E-state index contributed by atoms with van der Waals surface area (Å²) in [5.74, 6) is 0. The molecule has 0 fully saturated rings. The van der Waals surface area contributed by atoms with Crippen molar-refractivity contribution in [1.82, 2.24) is 0 Å². The Balaban J connectivity index is 1.92. The second-order valence-corrected chi connectivity index (χ2v) is 10.6. The molecule has 0 atom stereocenters. The summed E-state index contributed by atoms with van der Waals surface area (Å²) in [5, 5.41) is 2.13. The van der Waals surface area contributed by atoms with Gasteiger partial charge in [0.15, 0.2) is 0 Å². The van der Waals surface area contributed by atoms with E-state index in [0.717, 1.165) is 11.3 Å². The van der Waals surface area contributed by atoms with Gasteiger partial charge in [-0.15, -0.1) is 11.3 Å². The van der Waals surface area contributed by atoms with Crippen molar-refractivity contribution in [3.63, 3.8) is 0 Å². The molecule has 1 aromatic heterocycles. The van der Waals surface area contributed by atoms with Gasteiger partial charge in [-0.3, -0.25) is 9.44 Å². The zero-order valence-corrected chi connectivity index (χ0v) is 17.2. The lowest BCUT2D eigenvalue weighted by Gasteiger charge is -2.13. The van der Waals surface area contributed by atoms with Crippen LogP contribution in [0.25, 0.3) is 0 Å². The molecule has 142 valence electrons. The Labute approximate surface area is 166 Å². The number of hydrogen-bond acceptors (Lipinski definition) is 5. The molecule has 0 amide bonds. The fourth-order valence-corrected chi connectivity index (χ4v) is 5.80. The Morgan fingerprint density at radius 1 is 0.852 bits per heavy atom. The number of aryl methyl sites for hydroxylation is 1. The molecule has 0 aliphatic rings. The van der Waals surface area contributed by atoms with Crippen LogP contribution in [0.15, 0.2) is 69.1 Å². The van der Waals surface area contributed by atoms with E-state index in [1.54, 1.807) is 48.7 Å². The molecule has 0 radical (unpaired) electrons. The van der Waals surface area contributed by atoms with Gasteiger partial charge in [0, 0.05) is 10.7 Å². The van der Waals surface area contributed by atoms with Crippen molar-refractivity contribution in [3.05, 3.63) is 70.6 Å². The summed E-state index contributed by atoms with van der Waals surface area (Å²) in [7, 11) is -7.68. The molecule has 2 N–H and O–H groups in total. The van der Waals surface area contributed by atoms with Crippen molar-refractivity contribution in [1.29, 1.82) is 0 Å². The molecule has 1 heterocycles. The number of benzene rings is 2. The molecular formula is C17H15ClN2O4S3. The Bertz CT molecular complexity index is 1160. The van der Waals surface area contributed by atoms with Gasteiger partial charge in [0.25, 0.3) is 20.0 Å². The normalized spacial score (nSPS) is 11.9. The third-order valence-electron chi connectivity index (χ3n) is 3.59. The van der Waals surface area contributed by atoms with Crippen LogP contribution in [0.3, 0.4) is 0 Å². The lowest BCUT2D eigenvalue weighted by molar-refractivity contribution is 0.599. The number of hydrogen-bond donors (Lipinski definition) is 2. The molecule has 10 heteroatoms. The summed E-state index contributed by atoms with van der Waals surface area (Å²) in [6, 6.07) is 13.7. The Kier molecular flexibility index (Phi) is 5.48. The summed E-state index contributed by atoms with van der Waals surface area (Å²) >= 11 is 6.88. The minimum Gasteiger partial charge on any atom is -0.280 e. The molecular weight excluding hydrogens is 428 g/mol. The van der Waals surface area contributed by atoms with E-state index >= 15 is 0 Å². The Morgan fingerprint density at radius 2 is 1.48 bits per heavy atom. The predicted molar refractivity (Wildman–Crippen MR) is 109 cm³/mol. The lowest BCUT2D eigenvalue weighted by Crippen LogP contribution is -2.16.